The minimum absolute atomic E-state index is 0.292. The largest absolute Gasteiger partial charge is 0.323 e. The Hall–Kier alpha value is -3.67. The van der Waals surface area contributed by atoms with Gasteiger partial charge in [-0.25, -0.2) is 4.79 Å². The highest BCUT2D eigenvalue weighted by atomic mass is 16.2. The number of hydrogen-bond acceptors (Lipinski definition) is 3. The normalized spacial score (nSPS) is 13.6. The summed E-state index contributed by atoms with van der Waals surface area (Å²) in [5.41, 5.74) is 3.20. The van der Waals surface area contributed by atoms with Gasteiger partial charge in [0.05, 0.1) is 0 Å². The average molecular weight is 375 g/mol. The number of nitrogens with one attached hydrogen (secondary N) is 2. The van der Waals surface area contributed by atoms with Crippen molar-refractivity contribution in [1.29, 1.82) is 0 Å². The van der Waals surface area contributed by atoms with Crippen LogP contribution in [0.2, 0.25) is 0 Å². The standard InChI is InChI=1S/C22H21N3O3/c1-16-5-4-6-19(15-16)24-22(28)23-18-11-8-17(9-12-18)10-13-21(27)25-14-3-2-7-20(25)26/h2,4-13,15H,3,14H2,1H3,(H2,23,24,28)/b13-10+. The average Bonchev–Trinajstić information content (AvgIpc) is 2.67. The molecule has 0 aliphatic carbocycles. The zero-order valence-corrected chi connectivity index (χ0v) is 15.5. The van der Waals surface area contributed by atoms with Crippen LogP contribution < -0.4 is 10.6 Å². The van der Waals surface area contributed by atoms with E-state index in [9.17, 15) is 14.4 Å². The van der Waals surface area contributed by atoms with Crippen LogP contribution >= 0.6 is 0 Å². The van der Waals surface area contributed by atoms with E-state index in [2.05, 4.69) is 10.6 Å². The molecule has 0 spiro atoms. The first kappa shape index (κ1) is 19.1. The number of rotatable bonds is 4. The van der Waals surface area contributed by atoms with E-state index in [0.29, 0.717) is 18.7 Å². The van der Waals surface area contributed by atoms with E-state index in [1.807, 2.05) is 31.2 Å². The van der Waals surface area contributed by atoms with Gasteiger partial charge in [0.15, 0.2) is 0 Å². The minimum atomic E-state index is -0.339. The van der Waals surface area contributed by atoms with E-state index >= 15 is 0 Å². The molecule has 2 N–H and O–H groups in total. The molecule has 0 bridgehead atoms. The van der Waals surface area contributed by atoms with Gasteiger partial charge in [0.2, 0.25) is 0 Å². The maximum Gasteiger partial charge on any atom is 0.323 e. The van der Waals surface area contributed by atoms with Crippen molar-refractivity contribution in [3.63, 3.8) is 0 Å². The van der Waals surface area contributed by atoms with Crippen LogP contribution in [-0.4, -0.2) is 29.3 Å². The van der Waals surface area contributed by atoms with Crippen LogP contribution in [0.25, 0.3) is 6.08 Å². The van der Waals surface area contributed by atoms with E-state index in [-0.39, 0.29) is 17.8 Å². The molecule has 0 radical (unpaired) electrons. The van der Waals surface area contributed by atoms with Gasteiger partial charge in [-0.3, -0.25) is 14.5 Å². The van der Waals surface area contributed by atoms with Crippen LogP contribution in [0.4, 0.5) is 16.2 Å². The van der Waals surface area contributed by atoms with E-state index in [1.165, 1.54) is 17.1 Å². The van der Waals surface area contributed by atoms with E-state index in [4.69, 9.17) is 0 Å². The lowest BCUT2D eigenvalue weighted by Crippen LogP contribution is -2.37. The van der Waals surface area contributed by atoms with Crippen molar-refractivity contribution in [2.45, 2.75) is 13.3 Å². The number of carbonyl (C=O) groups is 3. The molecule has 1 aliphatic heterocycles. The smallest absolute Gasteiger partial charge is 0.308 e. The van der Waals surface area contributed by atoms with Gasteiger partial charge in [0.25, 0.3) is 11.8 Å². The highest BCUT2D eigenvalue weighted by molar-refractivity contribution is 6.07. The number of carbonyl (C=O) groups excluding carboxylic acids is 3. The summed E-state index contributed by atoms with van der Waals surface area (Å²) in [5, 5.41) is 5.53. The van der Waals surface area contributed by atoms with Gasteiger partial charge in [0, 0.05) is 24.0 Å². The second-order valence-corrected chi connectivity index (χ2v) is 6.42. The first-order chi connectivity index (χ1) is 13.5. The third-order valence-corrected chi connectivity index (χ3v) is 4.17. The van der Waals surface area contributed by atoms with Crippen molar-refractivity contribution in [1.82, 2.24) is 4.90 Å². The lowest BCUT2D eigenvalue weighted by Gasteiger charge is -2.19. The Morgan fingerprint density at radius 1 is 1.04 bits per heavy atom. The fraction of sp³-hybridized carbons (Fsp3) is 0.136. The van der Waals surface area contributed by atoms with Crippen LogP contribution in [-0.2, 0) is 9.59 Å². The topological polar surface area (TPSA) is 78.5 Å². The number of hydrogen-bond donors (Lipinski definition) is 2. The summed E-state index contributed by atoms with van der Waals surface area (Å²) < 4.78 is 0. The van der Waals surface area contributed by atoms with Crippen molar-refractivity contribution < 1.29 is 14.4 Å². The van der Waals surface area contributed by atoms with Crippen LogP contribution in [0.3, 0.4) is 0 Å². The number of imide groups is 1. The Labute approximate surface area is 163 Å². The van der Waals surface area contributed by atoms with Crippen molar-refractivity contribution in [2.24, 2.45) is 0 Å². The van der Waals surface area contributed by atoms with E-state index < -0.39 is 0 Å². The molecule has 2 aromatic rings. The maximum absolute atomic E-state index is 12.1. The van der Waals surface area contributed by atoms with Crippen LogP contribution in [0, 0.1) is 6.92 Å². The molecule has 0 atom stereocenters. The Balaban J connectivity index is 1.55. The summed E-state index contributed by atoms with van der Waals surface area (Å²) in [5.74, 6) is -0.630. The molecule has 4 amide bonds. The molecule has 0 aromatic heterocycles. The molecule has 0 unspecified atom stereocenters. The molecule has 2 aromatic carbocycles. The number of amides is 4. The minimum Gasteiger partial charge on any atom is -0.308 e. The molecule has 28 heavy (non-hydrogen) atoms. The van der Waals surface area contributed by atoms with Gasteiger partial charge in [-0.1, -0.05) is 30.3 Å². The van der Waals surface area contributed by atoms with Crippen LogP contribution in [0.15, 0.2) is 66.8 Å². The molecule has 0 saturated carbocycles. The Morgan fingerprint density at radius 2 is 1.79 bits per heavy atom. The SMILES string of the molecule is Cc1cccc(NC(=O)Nc2ccc(/C=C/C(=O)N3CCC=CC3=O)cc2)c1. The first-order valence-electron chi connectivity index (χ1n) is 8.96. The van der Waals surface area contributed by atoms with Crippen molar-refractivity contribution >= 4 is 35.3 Å². The fourth-order valence-corrected chi connectivity index (χ4v) is 2.76. The van der Waals surface area contributed by atoms with Gasteiger partial charge in [-0.15, -0.1) is 0 Å². The fourth-order valence-electron chi connectivity index (χ4n) is 2.76. The zero-order valence-electron chi connectivity index (χ0n) is 15.5. The molecule has 0 fully saturated rings. The third kappa shape index (κ3) is 5.17. The monoisotopic (exact) mass is 375 g/mol. The Morgan fingerprint density at radius 3 is 2.50 bits per heavy atom. The molecular formula is C22H21N3O3. The molecule has 6 nitrogen and oxygen atoms in total. The third-order valence-electron chi connectivity index (χ3n) is 4.17. The number of urea groups is 1. The van der Waals surface area contributed by atoms with Crippen molar-refractivity contribution in [2.75, 3.05) is 17.2 Å². The van der Waals surface area contributed by atoms with Gasteiger partial charge in [0.1, 0.15) is 0 Å². The van der Waals surface area contributed by atoms with Crippen molar-refractivity contribution in [3.05, 3.63) is 77.9 Å². The molecule has 1 aliphatic rings. The quantitative estimate of drug-likeness (QED) is 0.794. The highest BCUT2D eigenvalue weighted by Gasteiger charge is 2.18. The number of anilines is 2. The molecule has 142 valence electrons. The van der Waals surface area contributed by atoms with Gasteiger partial charge >= 0.3 is 6.03 Å². The van der Waals surface area contributed by atoms with E-state index in [0.717, 1.165) is 16.8 Å². The first-order valence-corrected chi connectivity index (χ1v) is 8.96. The summed E-state index contributed by atoms with van der Waals surface area (Å²) in [6, 6.07) is 14.3. The highest BCUT2D eigenvalue weighted by Crippen LogP contribution is 2.14. The number of nitrogens with zero attached hydrogens (tertiary/aromatic N) is 1. The van der Waals surface area contributed by atoms with Gasteiger partial charge in [-0.2, -0.15) is 0 Å². The van der Waals surface area contributed by atoms with Crippen LogP contribution in [0.5, 0.6) is 0 Å². The van der Waals surface area contributed by atoms with Gasteiger partial charge < -0.3 is 10.6 Å². The lowest BCUT2D eigenvalue weighted by molar-refractivity contribution is -0.139. The maximum atomic E-state index is 12.1. The molecule has 6 heteroatoms. The van der Waals surface area contributed by atoms with Crippen LogP contribution in [0.1, 0.15) is 17.5 Å². The summed E-state index contributed by atoms with van der Waals surface area (Å²) >= 11 is 0. The Bertz CT molecular complexity index is 946. The lowest BCUT2D eigenvalue weighted by atomic mass is 10.2. The van der Waals surface area contributed by atoms with Crippen molar-refractivity contribution in [3.8, 4) is 0 Å². The van der Waals surface area contributed by atoms with E-state index in [1.54, 1.807) is 36.4 Å². The number of benzene rings is 2. The summed E-state index contributed by atoms with van der Waals surface area (Å²) in [4.78, 5) is 37.1. The molecule has 1 heterocycles. The summed E-state index contributed by atoms with van der Waals surface area (Å²) in [6.07, 6.45) is 6.87. The zero-order chi connectivity index (χ0) is 19.9. The summed E-state index contributed by atoms with van der Waals surface area (Å²) in [6.45, 7) is 2.36. The molecule has 0 saturated heterocycles. The van der Waals surface area contributed by atoms with Gasteiger partial charge in [-0.05, 0) is 60.9 Å². The second-order valence-electron chi connectivity index (χ2n) is 6.42. The summed E-state index contributed by atoms with van der Waals surface area (Å²) in [7, 11) is 0. The molecule has 3 rings (SSSR count). The Kier molecular flexibility index (Phi) is 6.01. The predicted octanol–water partition coefficient (Wildman–Crippen LogP) is 3.97. The number of aryl methyl sites for hydroxylation is 1. The second kappa shape index (κ2) is 8.81. The predicted molar refractivity (Wildman–Crippen MR) is 110 cm³/mol. The molecular weight excluding hydrogens is 354 g/mol.